The fraction of sp³-hybridized carbons (Fsp3) is 0.615. The van der Waals surface area contributed by atoms with Gasteiger partial charge in [0.15, 0.2) is 0 Å². The summed E-state index contributed by atoms with van der Waals surface area (Å²) in [5, 5.41) is 4.96. The van der Waals surface area contributed by atoms with Crippen LogP contribution in [0.4, 0.5) is 0 Å². The van der Waals surface area contributed by atoms with Crippen LogP contribution in [-0.2, 0) is 4.79 Å². The minimum Gasteiger partial charge on any atom is -0.353 e. The topological polar surface area (TPSA) is 58.4 Å². The van der Waals surface area contributed by atoms with E-state index in [2.05, 4.69) is 32.2 Å². The number of nitrogens with zero attached hydrogens (tertiary/aromatic N) is 1. The van der Waals surface area contributed by atoms with Crippen molar-refractivity contribution in [2.45, 2.75) is 32.9 Å². The van der Waals surface area contributed by atoms with E-state index in [1.54, 1.807) is 11.3 Å². The van der Waals surface area contributed by atoms with Gasteiger partial charge in [-0.15, -0.1) is 11.3 Å². The van der Waals surface area contributed by atoms with E-state index in [9.17, 15) is 4.79 Å². The Labute approximate surface area is 127 Å². The Hall–Kier alpha value is -0.430. The maximum Gasteiger partial charge on any atom is 0.234 e. The number of carbonyl (C=O) groups is 1. The van der Waals surface area contributed by atoms with Crippen molar-refractivity contribution in [1.82, 2.24) is 10.2 Å². The molecule has 0 aliphatic heterocycles. The summed E-state index contributed by atoms with van der Waals surface area (Å²) in [7, 11) is 0. The van der Waals surface area contributed by atoms with Crippen molar-refractivity contribution in [2.75, 3.05) is 19.6 Å². The van der Waals surface area contributed by atoms with Gasteiger partial charge in [-0.05, 0) is 42.4 Å². The molecule has 0 saturated heterocycles. The maximum atomic E-state index is 11.9. The van der Waals surface area contributed by atoms with Crippen molar-refractivity contribution in [2.24, 2.45) is 5.73 Å². The lowest BCUT2D eigenvalue weighted by Crippen LogP contribution is -2.43. The van der Waals surface area contributed by atoms with Gasteiger partial charge in [-0.3, -0.25) is 9.69 Å². The van der Waals surface area contributed by atoms with E-state index in [1.807, 2.05) is 26.2 Å². The zero-order chi connectivity index (χ0) is 14.4. The quantitative estimate of drug-likeness (QED) is 0.795. The minimum atomic E-state index is 0.0471. The Morgan fingerprint density at radius 1 is 1.58 bits per heavy atom. The summed E-state index contributed by atoms with van der Waals surface area (Å²) >= 11 is 5.12. The Morgan fingerprint density at radius 2 is 2.26 bits per heavy atom. The summed E-state index contributed by atoms with van der Waals surface area (Å²) in [4.78, 5) is 15.2. The molecule has 6 heteroatoms. The number of amides is 1. The fourth-order valence-electron chi connectivity index (χ4n) is 1.94. The van der Waals surface area contributed by atoms with Crippen molar-refractivity contribution in [3.63, 3.8) is 0 Å². The molecule has 1 aromatic rings. The van der Waals surface area contributed by atoms with Gasteiger partial charge in [-0.25, -0.2) is 0 Å². The third-order valence-corrected chi connectivity index (χ3v) is 4.58. The van der Waals surface area contributed by atoms with Crippen LogP contribution in [0.25, 0.3) is 0 Å². The van der Waals surface area contributed by atoms with Crippen molar-refractivity contribution in [3.8, 4) is 0 Å². The van der Waals surface area contributed by atoms with Crippen molar-refractivity contribution in [3.05, 3.63) is 20.8 Å². The molecule has 0 bridgehead atoms. The summed E-state index contributed by atoms with van der Waals surface area (Å²) in [6, 6.07) is 2.34. The molecular weight excluding hydrogens is 326 g/mol. The summed E-state index contributed by atoms with van der Waals surface area (Å²) < 4.78 is 1.06. The lowest BCUT2D eigenvalue weighted by atomic mass is 10.2. The zero-order valence-electron chi connectivity index (χ0n) is 11.6. The summed E-state index contributed by atoms with van der Waals surface area (Å²) in [6.45, 7) is 7.66. The van der Waals surface area contributed by atoms with E-state index in [4.69, 9.17) is 5.73 Å². The molecule has 0 aromatic carbocycles. The van der Waals surface area contributed by atoms with Crippen LogP contribution in [0.2, 0.25) is 0 Å². The Morgan fingerprint density at radius 3 is 2.68 bits per heavy atom. The molecule has 0 aliphatic rings. The third kappa shape index (κ3) is 5.22. The summed E-state index contributed by atoms with van der Waals surface area (Å²) in [6.07, 6.45) is 0. The molecule has 1 rings (SSSR count). The highest BCUT2D eigenvalue weighted by atomic mass is 79.9. The molecule has 3 N–H and O–H groups in total. The number of carbonyl (C=O) groups excluding carboxylic acids is 1. The number of nitrogens with two attached hydrogens (primary N) is 1. The summed E-state index contributed by atoms with van der Waals surface area (Å²) in [5.74, 6) is 0.0471. The first kappa shape index (κ1) is 16.6. The van der Waals surface area contributed by atoms with E-state index in [0.717, 1.165) is 11.0 Å². The third-order valence-electron chi connectivity index (χ3n) is 2.78. The van der Waals surface area contributed by atoms with Gasteiger partial charge in [-0.2, -0.15) is 0 Å². The lowest BCUT2D eigenvalue weighted by Gasteiger charge is -2.28. The number of likely N-dealkylation sites (N-methyl/N-ethyl adjacent to an activating group) is 1. The van der Waals surface area contributed by atoms with E-state index >= 15 is 0 Å². The first-order valence-electron chi connectivity index (χ1n) is 6.45. The highest BCUT2D eigenvalue weighted by Gasteiger charge is 2.21. The Kier molecular flexibility index (Phi) is 6.99. The average molecular weight is 348 g/mol. The first-order chi connectivity index (χ1) is 8.97. The number of rotatable bonds is 7. The number of halogens is 1. The van der Waals surface area contributed by atoms with Crippen LogP contribution in [0.1, 0.15) is 31.7 Å². The largest absolute Gasteiger partial charge is 0.353 e. The molecule has 1 unspecified atom stereocenters. The normalized spacial score (nSPS) is 13.0. The van der Waals surface area contributed by atoms with Crippen LogP contribution < -0.4 is 11.1 Å². The van der Waals surface area contributed by atoms with Gasteiger partial charge < -0.3 is 11.1 Å². The number of nitrogens with one attached hydrogen (secondary N) is 1. The average Bonchev–Trinajstić information content (AvgIpc) is 2.74. The molecule has 0 fully saturated rings. The highest BCUT2D eigenvalue weighted by molar-refractivity contribution is 9.10. The second kappa shape index (κ2) is 7.99. The van der Waals surface area contributed by atoms with Crippen LogP contribution in [0.5, 0.6) is 0 Å². The zero-order valence-corrected chi connectivity index (χ0v) is 14.1. The lowest BCUT2D eigenvalue weighted by molar-refractivity contribution is -0.123. The van der Waals surface area contributed by atoms with Gasteiger partial charge in [0.2, 0.25) is 5.91 Å². The van der Waals surface area contributed by atoms with E-state index < -0.39 is 0 Å². The fourth-order valence-corrected chi connectivity index (χ4v) is 3.54. The van der Waals surface area contributed by atoms with Crippen LogP contribution in [0, 0.1) is 0 Å². The SMILES string of the molecule is CCN(CC(=O)NC(C)C)C(CN)c1cc(Br)cs1. The first-order valence-corrected chi connectivity index (χ1v) is 8.12. The van der Waals surface area contributed by atoms with Crippen LogP contribution in [0.3, 0.4) is 0 Å². The van der Waals surface area contributed by atoms with Crippen molar-refractivity contribution < 1.29 is 4.79 Å². The molecule has 1 heterocycles. The molecule has 0 aliphatic carbocycles. The molecule has 0 spiro atoms. The monoisotopic (exact) mass is 347 g/mol. The van der Waals surface area contributed by atoms with Gasteiger partial charge in [-0.1, -0.05) is 6.92 Å². The summed E-state index contributed by atoms with van der Waals surface area (Å²) in [5.41, 5.74) is 5.89. The molecule has 1 amide bonds. The second-order valence-corrected chi connectivity index (χ2v) is 6.56. The minimum absolute atomic E-state index is 0.0471. The molecule has 1 aromatic heterocycles. The van der Waals surface area contributed by atoms with Gasteiger partial charge >= 0.3 is 0 Å². The maximum absolute atomic E-state index is 11.9. The highest BCUT2D eigenvalue weighted by Crippen LogP contribution is 2.28. The van der Waals surface area contributed by atoms with Crippen LogP contribution in [0.15, 0.2) is 15.9 Å². The molecule has 108 valence electrons. The number of hydrogen-bond donors (Lipinski definition) is 2. The van der Waals surface area contributed by atoms with Gasteiger partial charge in [0.05, 0.1) is 12.6 Å². The second-order valence-electron chi connectivity index (χ2n) is 4.70. The Bertz CT molecular complexity index is 408. The standard InChI is InChI=1S/C13H22BrN3OS/c1-4-17(7-13(18)16-9(2)3)11(6-15)12-5-10(14)8-19-12/h5,8-9,11H,4,6-7,15H2,1-3H3,(H,16,18). The smallest absolute Gasteiger partial charge is 0.234 e. The molecule has 0 radical (unpaired) electrons. The molecule has 4 nitrogen and oxygen atoms in total. The van der Waals surface area contributed by atoms with Crippen LogP contribution >= 0.6 is 27.3 Å². The van der Waals surface area contributed by atoms with Crippen molar-refractivity contribution >= 4 is 33.2 Å². The molecule has 1 atom stereocenters. The molecule has 19 heavy (non-hydrogen) atoms. The van der Waals surface area contributed by atoms with Crippen molar-refractivity contribution in [1.29, 1.82) is 0 Å². The number of hydrogen-bond acceptors (Lipinski definition) is 4. The van der Waals surface area contributed by atoms with Gasteiger partial charge in [0.1, 0.15) is 0 Å². The van der Waals surface area contributed by atoms with Gasteiger partial charge in [0.25, 0.3) is 0 Å². The predicted octanol–water partition coefficient (Wildman–Crippen LogP) is 2.36. The van der Waals surface area contributed by atoms with E-state index in [1.165, 1.54) is 4.88 Å². The van der Waals surface area contributed by atoms with E-state index in [0.29, 0.717) is 13.1 Å². The molecular formula is C13H22BrN3OS. The predicted molar refractivity (Wildman–Crippen MR) is 84.3 cm³/mol. The Balaban J connectivity index is 2.73. The molecule has 0 saturated carbocycles. The van der Waals surface area contributed by atoms with Crippen LogP contribution in [-0.4, -0.2) is 36.5 Å². The number of thiophene rings is 1. The van der Waals surface area contributed by atoms with E-state index in [-0.39, 0.29) is 18.0 Å². The van der Waals surface area contributed by atoms with Gasteiger partial charge in [0, 0.05) is 27.3 Å².